The van der Waals surface area contributed by atoms with E-state index in [1.54, 1.807) is 0 Å². The predicted molar refractivity (Wildman–Crippen MR) is 117 cm³/mol. The minimum Gasteiger partial charge on any atom is -0.483 e. The van der Waals surface area contributed by atoms with Gasteiger partial charge in [0.25, 0.3) is 6.47 Å². The van der Waals surface area contributed by atoms with E-state index in [1.165, 1.54) is 32.6 Å². The molecule has 148 valence electrons. The van der Waals surface area contributed by atoms with E-state index in [-0.39, 0.29) is 11.9 Å². The Balaban J connectivity index is 0.000000706. The van der Waals surface area contributed by atoms with Crippen LogP contribution in [0.4, 0.5) is 0 Å². The van der Waals surface area contributed by atoms with Crippen molar-refractivity contribution >= 4 is 29.3 Å². The molecule has 2 aromatic carbocycles. The lowest BCUT2D eigenvalue weighted by atomic mass is 9.87. The molecule has 1 unspecified atom stereocenters. The van der Waals surface area contributed by atoms with Gasteiger partial charge in [0.05, 0.1) is 6.04 Å². The number of rotatable bonds is 2. The number of hydrogen-bond donors (Lipinski definition) is 2. The van der Waals surface area contributed by atoms with Crippen LogP contribution in [0, 0.1) is 0 Å². The van der Waals surface area contributed by atoms with Crippen LogP contribution in [-0.2, 0) is 16.6 Å². The molecule has 1 aliphatic rings. The second kappa shape index (κ2) is 8.41. The van der Waals surface area contributed by atoms with Crippen LogP contribution in [0.25, 0.3) is 10.9 Å². The average Bonchev–Trinajstić information content (AvgIpc) is 3.04. The molecule has 1 atom stereocenters. The number of hydrogen-bond acceptors (Lipinski definition) is 3. The number of H-pyrrole nitrogens is 1. The van der Waals surface area contributed by atoms with E-state index in [0.717, 1.165) is 13.0 Å². The summed E-state index contributed by atoms with van der Waals surface area (Å²) in [6, 6.07) is 18.1. The van der Waals surface area contributed by atoms with Gasteiger partial charge in [-0.25, -0.2) is 4.31 Å². The van der Waals surface area contributed by atoms with Crippen LogP contribution in [0.2, 0.25) is 0 Å². The molecule has 0 saturated heterocycles. The molecule has 0 spiro atoms. The summed E-state index contributed by atoms with van der Waals surface area (Å²) in [6.45, 7) is 9.93. The Morgan fingerprint density at radius 2 is 1.79 bits per heavy atom. The second-order valence-electron chi connectivity index (χ2n) is 8.10. The van der Waals surface area contributed by atoms with Gasteiger partial charge in [-0.3, -0.25) is 4.79 Å². The molecule has 1 aliphatic heterocycles. The van der Waals surface area contributed by atoms with Crippen molar-refractivity contribution in [3.8, 4) is 0 Å². The van der Waals surface area contributed by atoms with Crippen molar-refractivity contribution in [2.75, 3.05) is 6.54 Å². The summed E-state index contributed by atoms with van der Waals surface area (Å²) < 4.78 is 2.50. The Bertz CT molecular complexity index is 941. The molecule has 5 heteroatoms. The van der Waals surface area contributed by atoms with Crippen LogP contribution in [0.5, 0.6) is 0 Å². The van der Waals surface area contributed by atoms with Crippen molar-refractivity contribution in [2.24, 2.45) is 0 Å². The van der Waals surface area contributed by atoms with Crippen molar-refractivity contribution < 1.29 is 9.90 Å². The van der Waals surface area contributed by atoms with Crippen molar-refractivity contribution in [3.05, 3.63) is 65.4 Å². The van der Waals surface area contributed by atoms with Crippen LogP contribution >= 0.6 is 11.9 Å². The maximum absolute atomic E-state index is 8.36. The summed E-state index contributed by atoms with van der Waals surface area (Å²) >= 11 is 1.88. The normalized spacial score (nSPS) is 16.9. The maximum Gasteiger partial charge on any atom is 0.290 e. The fraction of sp³-hybridized carbons (Fsp3) is 0.348. The van der Waals surface area contributed by atoms with E-state index >= 15 is 0 Å². The molecule has 0 radical (unpaired) electrons. The molecule has 2 N–H and O–H groups in total. The van der Waals surface area contributed by atoms with Gasteiger partial charge in [0.15, 0.2) is 0 Å². The largest absolute Gasteiger partial charge is 0.483 e. The van der Waals surface area contributed by atoms with Gasteiger partial charge in [0.2, 0.25) is 0 Å². The van der Waals surface area contributed by atoms with Gasteiger partial charge in [-0.05, 0) is 60.0 Å². The van der Waals surface area contributed by atoms with E-state index in [0.29, 0.717) is 6.04 Å². The minimum atomic E-state index is -0.250. The Kier molecular flexibility index (Phi) is 6.16. The summed E-state index contributed by atoms with van der Waals surface area (Å²) in [4.78, 5) is 13.3. The highest BCUT2D eigenvalue weighted by Crippen LogP contribution is 2.39. The number of carboxylic acid groups (broad SMARTS) is 1. The van der Waals surface area contributed by atoms with Gasteiger partial charge in [-0.2, -0.15) is 0 Å². The summed E-state index contributed by atoms with van der Waals surface area (Å²) in [5.74, 6) is 0. The van der Waals surface area contributed by atoms with Gasteiger partial charge in [-0.15, -0.1) is 0 Å². The fourth-order valence-corrected chi connectivity index (χ4v) is 4.66. The molecule has 4 nitrogen and oxygen atoms in total. The Hall–Kier alpha value is -2.24. The van der Waals surface area contributed by atoms with Crippen LogP contribution in [0.3, 0.4) is 0 Å². The number of aromatic nitrogens is 1. The zero-order valence-electron chi connectivity index (χ0n) is 16.9. The molecule has 28 heavy (non-hydrogen) atoms. The van der Waals surface area contributed by atoms with Crippen LogP contribution in [-0.4, -0.2) is 27.4 Å². The average molecular weight is 397 g/mol. The first-order valence-corrected chi connectivity index (χ1v) is 10.3. The molecule has 0 fully saturated rings. The summed E-state index contributed by atoms with van der Waals surface area (Å²) in [5.41, 5.74) is 5.75. The summed E-state index contributed by atoms with van der Waals surface area (Å²) in [6.07, 6.45) is 1.11. The lowest BCUT2D eigenvalue weighted by Gasteiger charge is -2.32. The third-order valence-electron chi connectivity index (χ3n) is 5.22. The number of carbonyl (C=O) groups is 1. The number of fused-ring (bicyclic) bond motifs is 3. The topological polar surface area (TPSA) is 56.3 Å². The SMILES string of the molecule is CC1c2[nH]c3ccccc3c2CCN1Sc1ccc(C(C)(C)C)cc1.O=CO. The molecule has 0 saturated carbocycles. The quantitative estimate of drug-likeness (QED) is 0.425. The third-order valence-corrected chi connectivity index (χ3v) is 6.44. The standard InChI is InChI=1S/C22H26N2S.CH2O2/c1-15-21-19(18-7-5-6-8-20(18)23-21)13-14-24(15)25-17-11-9-16(10-12-17)22(2,3)4;2-1-3/h5-12,15,23H,13-14H2,1-4H3;1H,(H,2,3). The second-order valence-corrected chi connectivity index (χ2v) is 9.22. The zero-order chi connectivity index (χ0) is 20.3. The van der Waals surface area contributed by atoms with Crippen molar-refractivity contribution in [1.29, 1.82) is 0 Å². The first-order chi connectivity index (χ1) is 13.3. The number of nitrogens with zero attached hydrogens (tertiary/aromatic N) is 1. The maximum atomic E-state index is 8.36. The molecular weight excluding hydrogens is 368 g/mol. The molecule has 0 bridgehead atoms. The molecule has 3 aromatic rings. The molecule has 0 aliphatic carbocycles. The molecule has 1 aromatic heterocycles. The van der Waals surface area contributed by atoms with Gasteiger partial charge in [0.1, 0.15) is 0 Å². The van der Waals surface area contributed by atoms with Crippen molar-refractivity contribution in [2.45, 2.75) is 50.5 Å². The zero-order valence-corrected chi connectivity index (χ0v) is 17.7. The van der Waals surface area contributed by atoms with E-state index in [2.05, 4.69) is 85.5 Å². The van der Waals surface area contributed by atoms with Crippen LogP contribution in [0.1, 0.15) is 50.6 Å². The lowest BCUT2D eigenvalue weighted by molar-refractivity contribution is -0.122. The van der Waals surface area contributed by atoms with Crippen LogP contribution < -0.4 is 0 Å². The highest BCUT2D eigenvalue weighted by molar-refractivity contribution is 7.97. The van der Waals surface area contributed by atoms with E-state index in [4.69, 9.17) is 9.90 Å². The van der Waals surface area contributed by atoms with E-state index in [9.17, 15) is 0 Å². The summed E-state index contributed by atoms with van der Waals surface area (Å²) in [7, 11) is 0. The highest BCUT2D eigenvalue weighted by Gasteiger charge is 2.27. The minimum absolute atomic E-state index is 0.209. The Morgan fingerprint density at radius 1 is 1.14 bits per heavy atom. The molecule has 0 amide bonds. The predicted octanol–water partition coefficient (Wildman–Crippen LogP) is 5.79. The molecule has 2 heterocycles. The van der Waals surface area contributed by atoms with Gasteiger partial charge >= 0.3 is 0 Å². The Morgan fingerprint density at radius 3 is 2.43 bits per heavy atom. The van der Waals surface area contributed by atoms with Crippen LogP contribution in [0.15, 0.2) is 53.4 Å². The molecular formula is C23H28N2O2S. The van der Waals surface area contributed by atoms with Gasteiger partial charge in [-0.1, -0.05) is 51.1 Å². The third kappa shape index (κ3) is 4.26. The number of para-hydroxylation sites is 1. The monoisotopic (exact) mass is 396 g/mol. The van der Waals surface area contributed by atoms with Crippen molar-refractivity contribution in [1.82, 2.24) is 9.29 Å². The number of benzene rings is 2. The van der Waals surface area contributed by atoms with E-state index in [1.807, 2.05) is 11.9 Å². The number of nitrogens with one attached hydrogen (secondary N) is 1. The van der Waals surface area contributed by atoms with Crippen molar-refractivity contribution in [3.63, 3.8) is 0 Å². The number of aromatic amines is 1. The first kappa shape index (κ1) is 20.5. The van der Waals surface area contributed by atoms with E-state index < -0.39 is 0 Å². The van der Waals surface area contributed by atoms with Gasteiger partial charge in [0, 0.05) is 28.0 Å². The molecule has 4 rings (SSSR count). The summed E-state index contributed by atoms with van der Waals surface area (Å²) in [5, 5.41) is 8.28. The fourth-order valence-electron chi connectivity index (χ4n) is 3.68. The smallest absolute Gasteiger partial charge is 0.290 e. The lowest BCUT2D eigenvalue weighted by Crippen LogP contribution is -2.28. The Labute approximate surface area is 171 Å². The highest BCUT2D eigenvalue weighted by atomic mass is 32.2. The first-order valence-electron chi connectivity index (χ1n) is 9.57. The van der Waals surface area contributed by atoms with Gasteiger partial charge < -0.3 is 10.1 Å².